The average molecular weight is 245 g/mol. The van der Waals surface area contributed by atoms with Crippen molar-refractivity contribution in [2.75, 3.05) is 0 Å². The minimum absolute atomic E-state index is 0.0845. The highest BCUT2D eigenvalue weighted by atomic mass is 79.9. The zero-order valence-electron chi connectivity index (χ0n) is 7.45. The monoisotopic (exact) mass is 243 g/mol. The van der Waals surface area contributed by atoms with Crippen LogP contribution in [0, 0.1) is 0 Å². The quantitative estimate of drug-likeness (QED) is 0.575. The lowest BCUT2D eigenvalue weighted by Gasteiger charge is -2.21. The second-order valence-corrected chi connectivity index (χ2v) is 3.99. The third-order valence-corrected chi connectivity index (χ3v) is 3.64. The molecule has 0 unspecified atom stereocenters. The third-order valence-electron chi connectivity index (χ3n) is 1.20. The first kappa shape index (κ1) is 3.97. The molecule has 0 heterocycles. The van der Waals surface area contributed by atoms with Crippen molar-refractivity contribution in [1.82, 2.24) is 0 Å². The van der Waals surface area contributed by atoms with Gasteiger partial charge in [0, 0.05) is 13.7 Å². The molecule has 0 spiro atoms. The molecule has 1 aliphatic carbocycles. The van der Waals surface area contributed by atoms with E-state index in [0.717, 1.165) is 0 Å². The van der Waals surface area contributed by atoms with Crippen LogP contribution in [0.5, 0.6) is 0 Å². The van der Waals surface area contributed by atoms with Gasteiger partial charge in [-0.25, -0.2) is 0 Å². The number of hydrogen-bond donors (Lipinski definition) is 0. The molecule has 0 N–H and O–H groups in total. The predicted octanol–water partition coefficient (Wildman–Crippen LogP) is 3.09. The molecule has 0 nitrogen and oxygen atoms in total. The second-order valence-electron chi connectivity index (χ2n) is 1.87. The fourth-order valence-corrected chi connectivity index (χ4v) is 1.52. The van der Waals surface area contributed by atoms with Gasteiger partial charge in [0.1, 0.15) is 0 Å². The van der Waals surface area contributed by atoms with Gasteiger partial charge in [-0.1, -0.05) is 44.7 Å². The molecule has 0 aromatic heterocycles. The molecule has 1 rings (SSSR count). The molecule has 0 saturated heterocycles. The summed E-state index contributed by atoms with van der Waals surface area (Å²) in [5, 5.41) is 0. The second kappa shape index (κ2) is 3.21. The van der Waals surface area contributed by atoms with Gasteiger partial charge in [0.15, 0.2) is 0 Å². The molecule has 0 aromatic rings. The van der Waals surface area contributed by atoms with E-state index in [9.17, 15) is 0 Å². The highest BCUT2D eigenvalue weighted by Crippen LogP contribution is 2.29. The van der Waals surface area contributed by atoms with E-state index < -0.39 is 11.2 Å². The fraction of sp³-hybridized carbons (Fsp3) is 1.00. The summed E-state index contributed by atoms with van der Waals surface area (Å²) in [5.41, 5.74) is 0. The lowest BCUT2D eigenvalue weighted by molar-refractivity contribution is 0.538. The lowest BCUT2D eigenvalue weighted by atomic mass is 10.0. The van der Waals surface area contributed by atoms with Crippen LogP contribution in [-0.4, -0.2) is 9.63 Å². The van der Waals surface area contributed by atoms with Gasteiger partial charge in [-0.3, -0.25) is 0 Å². The standard InChI is InChI=1S/C6H10Br2/c7-5-3-1-2-4-6(5)8/h5-6H,1-4H2/t5-,6+/i1D2,6D/m0/s1. The zero-order valence-corrected chi connectivity index (χ0v) is 7.63. The molecular formula is C6H10Br2. The van der Waals surface area contributed by atoms with Crippen LogP contribution in [-0.2, 0) is 0 Å². The van der Waals surface area contributed by atoms with Crippen molar-refractivity contribution in [2.24, 2.45) is 0 Å². The molecular weight excluding hydrogens is 232 g/mol. The molecule has 1 fully saturated rings. The summed E-state index contributed by atoms with van der Waals surface area (Å²) in [7, 11) is 0. The van der Waals surface area contributed by atoms with Gasteiger partial charge in [0.2, 0.25) is 0 Å². The van der Waals surface area contributed by atoms with Crippen molar-refractivity contribution in [1.29, 1.82) is 0 Å². The Labute approximate surface area is 71.5 Å². The first-order valence-electron chi connectivity index (χ1n) is 4.16. The Morgan fingerprint density at radius 2 is 2.25 bits per heavy atom. The Hall–Kier alpha value is 0.960. The van der Waals surface area contributed by atoms with Crippen LogP contribution in [0.2, 0.25) is 0 Å². The van der Waals surface area contributed by atoms with E-state index >= 15 is 0 Å². The number of halogens is 2. The predicted molar refractivity (Wildman–Crippen MR) is 43.9 cm³/mol. The zero-order chi connectivity index (χ0) is 8.70. The summed E-state index contributed by atoms with van der Waals surface area (Å²) in [6, 6.07) is 0. The van der Waals surface area contributed by atoms with Crippen LogP contribution in [0.4, 0.5) is 0 Å². The summed E-state index contributed by atoms with van der Waals surface area (Å²) in [6.07, 6.45) is 0.369. The highest BCUT2D eigenvalue weighted by molar-refractivity contribution is 9.12. The Morgan fingerprint density at radius 3 is 2.75 bits per heavy atom. The van der Waals surface area contributed by atoms with Crippen LogP contribution in [0.1, 0.15) is 29.7 Å². The number of hydrogen-bond acceptors (Lipinski definition) is 0. The van der Waals surface area contributed by atoms with Crippen LogP contribution in [0.3, 0.4) is 0 Å². The smallest absolute Gasteiger partial charge is 0.0435 e. The van der Waals surface area contributed by atoms with E-state index in [4.69, 9.17) is 4.11 Å². The van der Waals surface area contributed by atoms with Gasteiger partial charge in [-0.15, -0.1) is 0 Å². The Morgan fingerprint density at radius 1 is 1.50 bits per heavy atom. The van der Waals surface area contributed by atoms with E-state index in [1.165, 1.54) is 0 Å². The summed E-state index contributed by atoms with van der Waals surface area (Å²) in [4.78, 5) is -0.753. The van der Waals surface area contributed by atoms with Crippen molar-refractivity contribution in [2.45, 2.75) is 35.3 Å². The number of rotatable bonds is 0. The molecule has 0 radical (unpaired) electrons. The summed E-state index contributed by atoms with van der Waals surface area (Å²) >= 11 is 6.57. The fourth-order valence-electron chi connectivity index (χ4n) is 0.704. The van der Waals surface area contributed by atoms with Crippen molar-refractivity contribution >= 4 is 31.9 Å². The maximum absolute atomic E-state index is 7.71. The van der Waals surface area contributed by atoms with Gasteiger partial charge < -0.3 is 0 Å². The molecule has 1 aliphatic rings. The molecule has 1 saturated carbocycles. The van der Waals surface area contributed by atoms with Crippen LogP contribution in [0.25, 0.3) is 0 Å². The first-order valence-corrected chi connectivity index (χ1v) is 4.37. The third kappa shape index (κ3) is 1.73. The van der Waals surface area contributed by atoms with Crippen LogP contribution >= 0.6 is 31.9 Å². The first-order chi connectivity index (χ1) is 4.83. The van der Waals surface area contributed by atoms with E-state index in [0.29, 0.717) is 19.3 Å². The van der Waals surface area contributed by atoms with E-state index in [-0.39, 0.29) is 4.83 Å². The molecule has 0 aliphatic heterocycles. The van der Waals surface area contributed by atoms with Crippen molar-refractivity contribution in [3.05, 3.63) is 0 Å². The molecule has 8 heavy (non-hydrogen) atoms. The van der Waals surface area contributed by atoms with Gasteiger partial charge in [0.25, 0.3) is 0 Å². The molecule has 0 aromatic carbocycles. The summed E-state index contributed by atoms with van der Waals surface area (Å²) in [6.45, 7) is 0. The Bertz CT molecular complexity index is 158. The molecule has 2 heteroatoms. The van der Waals surface area contributed by atoms with Crippen LogP contribution in [0.15, 0.2) is 0 Å². The van der Waals surface area contributed by atoms with Gasteiger partial charge in [-0.05, 0) is 12.8 Å². The van der Waals surface area contributed by atoms with Crippen molar-refractivity contribution in [3.63, 3.8) is 0 Å². The minimum atomic E-state index is -1.09. The minimum Gasteiger partial charge on any atom is -0.0879 e. The van der Waals surface area contributed by atoms with E-state index in [1.54, 1.807) is 0 Å². The topological polar surface area (TPSA) is 0 Å². The van der Waals surface area contributed by atoms with Gasteiger partial charge >= 0.3 is 0 Å². The van der Waals surface area contributed by atoms with Crippen LogP contribution < -0.4 is 0 Å². The average Bonchev–Trinajstić information content (AvgIpc) is 1.81. The maximum Gasteiger partial charge on any atom is 0.0435 e. The maximum atomic E-state index is 7.71. The lowest BCUT2D eigenvalue weighted by Crippen LogP contribution is -2.17. The molecule has 2 atom stereocenters. The van der Waals surface area contributed by atoms with Gasteiger partial charge in [-0.2, -0.15) is 0 Å². The summed E-state index contributed by atoms with van der Waals surface area (Å²) in [5.74, 6) is 0. The normalized spacial score (nSPS) is 60.8. The Balaban J connectivity index is 2.63. The molecule has 0 amide bonds. The molecule has 48 valence electrons. The van der Waals surface area contributed by atoms with Crippen molar-refractivity contribution in [3.8, 4) is 0 Å². The molecule has 0 bridgehead atoms. The summed E-state index contributed by atoms with van der Waals surface area (Å²) < 4.78 is 22.6. The SMILES string of the molecule is [2H]C1([2H])CC[C@@]([2H])(Br)[C@@H](Br)C1. The van der Waals surface area contributed by atoms with E-state index in [2.05, 4.69) is 31.9 Å². The largest absolute Gasteiger partial charge is 0.0879 e. The number of alkyl halides is 2. The highest BCUT2D eigenvalue weighted by Gasteiger charge is 2.18. The van der Waals surface area contributed by atoms with Gasteiger partial charge in [0.05, 0.1) is 0 Å². The van der Waals surface area contributed by atoms with Crippen molar-refractivity contribution < 1.29 is 4.11 Å². The Kier molecular flexibility index (Phi) is 1.59. The van der Waals surface area contributed by atoms with E-state index in [1.807, 2.05) is 0 Å².